The van der Waals surface area contributed by atoms with Crippen LogP contribution in [0.15, 0.2) is 40.5 Å². The van der Waals surface area contributed by atoms with Crippen molar-refractivity contribution in [1.29, 1.82) is 0 Å². The summed E-state index contributed by atoms with van der Waals surface area (Å²) in [6.07, 6.45) is 13.8. The Balaban J connectivity index is -0.000000540. The minimum absolute atomic E-state index is 0. The number of hydrogen-bond acceptors (Lipinski definition) is 0. The zero-order valence-electron chi connectivity index (χ0n) is 16.1. The van der Waals surface area contributed by atoms with Crippen molar-refractivity contribution in [2.75, 3.05) is 0 Å². The van der Waals surface area contributed by atoms with Crippen LogP contribution in [0.25, 0.3) is 0 Å². The van der Waals surface area contributed by atoms with Crippen LogP contribution in [-0.2, 0) is 0 Å². The van der Waals surface area contributed by atoms with E-state index in [2.05, 4.69) is 45.9 Å². The van der Waals surface area contributed by atoms with E-state index in [1.54, 1.807) is 0 Å². The summed E-state index contributed by atoms with van der Waals surface area (Å²) >= 11 is 0. The van der Waals surface area contributed by atoms with Crippen LogP contribution in [0.1, 0.15) is 73.1 Å². The molecule has 0 atom stereocenters. The molecular weight excluding hydrogens is 279 g/mol. The number of hydrogen-bond donors (Lipinski definition) is 0. The van der Waals surface area contributed by atoms with Gasteiger partial charge in [0, 0.05) is 0 Å². The van der Waals surface area contributed by atoms with Crippen LogP contribution in [0.2, 0.25) is 0 Å². The molecule has 0 saturated carbocycles. The summed E-state index contributed by atoms with van der Waals surface area (Å²) < 4.78 is 0. The second kappa shape index (κ2) is 18.5. The van der Waals surface area contributed by atoms with Gasteiger partial charge in [0.2, 0.25) is 0 Å². The Labute approximate surface area is 152 Å². The van der Waals surface area contributed by atoms with E-state index in [0.29, 0.717) is 0 Å². The van der Waals surface area contributed by atoms with Gasteiger partial charge in [-0.15, -0.1) is 0 Å². The summed E-state index contributed by atoms with van der Waals surface area (Å²) in [5.74, 6) is 0. The summed E-state index contributed by atoms with van der Waals surface area (Å²) in [6, 6.07) is 0. The fourth-order valence-corrected chi connectivity index (χ4v) is 1.89. The van der Waals surface area contributed by atoms with Gasteiger partial charge in [0.15, 0.2) is 0 Å². The van der Waals surface area contributed by atoms with E-state index >= 15 is 0 Å². The summed E-state index contributed by atoms with van der Waals surface area (Å²) in [5, 5.41) is 0. The second-order valence-corrected chi connectivity index (χ2v) is 5.84. The molecule has 0 radical (unpaired) electrons. The molecule has 0 aromatic heterocycles. The standard InChI is InChI=1S/C19H31.2CH3.Al/c1-16(2)10-7-12-18(5)14-9-15-19(6)13-8-11-17(3)4;;;/h1,11-12,15H,7-10,13-14H2,2-6H3;2*1H3;/q3*-1;+3/b18-12+,19-15+;;;. The molecule has 0 rings (SSSR count). The average molecular weight is 317 g/mol. The summed E-state index contributed by atoms with van der Waals surface area (Å²) in [7, 11) is 0. The maximum atomic E-state index is 5.66. The van der Waals surface area contributed by atoms with Crippen LogP contribution in [0, 0.1) is 21.4 Å². The van der Waals surface area contributed by atoms with Crippen molar-refractivity contribution in [2.24, 2.45) is 0 Å². The molecule has 0 nitrogen and oxygen atoms in total. The minimum atomic E-state index is 0. The zero-order chi connectivity index (χ0) is 14.7. The van der Waals surface area contributed by atoms with Gasteiger partial charge in [0.05, 0.1) is 0 Å². The third kappa shape index (κ3) is 21.8. The van der Waals surface area contributed by atoms with E-state index in [4.69, 9.17) is 6.58 Å². The Morgan fingerprint density at radius 2 is 1.05 bits per heavy atom. The number of rotatable bonds is 9. The smallest absolute Gasteiger partial charge is 0.515 e. The first-order chi connectivity index (χ1) is 8.91. The molecule has 0 heterocycles. The van der Waals surface area contributed by atoms with Crippen molar-refractivity contribution in [3.63, 3.8) is 0 Å². The molecule has 0 fully saturated rings. The van der Waals surface area contributed by atoms with Crippen molar-refractivity contribution in [3.05, 3.63) is 62.0 Å². The SMILES string of the molecule is [Al+3].[CH-]=C(C)CC/C=C(\C)CC/C=C(\C)CCC=C(C)C.[CH3-].[CH3-]. The molecule has 0 N–H and O–H groups in total. The molecule has 0 aliphatic rings. The average Bonchev–Trinajstić information content (AvgIpc) is 2.27. The Bertz CT molecular complexity index is 352. The van der Waals surface area contributed by atoms with Gasteiger partial charge in [-0.1, -0.05) is 48.3 Å². The van der Waals surface area contributed by atoms with Crippen molar-refractivity contribution in [1.82, 2.24) is 0 Å². The Kier molecular flexibility index (Phi) is 24.9. The topological polar surface area (TPSA) is 0 Å². The van der Waals surface area contributed by atoms with Gasteiger partial charge < -0.3 is 21.4 Å². The molecule has 0 saturated heterocycles. The van der Waals surface area contributed by atoms with Crippen LogP contribution in [-0.4, -0.2) is 17.4 Å². The molecule has 0 unspecified atom stereocenters. The molecule has 0 aromatic carbocycles. The molecule has 0 bridgehead atoms. The van der Waals surface area contributed by atoms with E-state index in [9.17, 15) is 0 Å². The maximum absolute atomic E-state index is 5.66. The van der Waals surface area contributed by atoms with Gasteiger partial charge in [-0.3, -0.25) is 5.57 Å². The monoisotopic (exact) mass is 316 g/mol. The quantitative estimate of drug-likeness (QED) is 0.242. The normalized spacial score (nSPS) is 10.8. The van der Waals surface area contributed by atoms with Crippen LogP contribution >= 0.6 is 0 Å². The fraction of sp³-hybridized carbons (Fsp3) is 0.524. The predicted molar refractivity (Wildman–Crippen MR) is 107 cm³/mol. The van der Waals surface area contributed by atoms with E-state index < -0.39 is 0 Å². The minimum Gasteiger partial charge on any atom is -0.515 e. The van der Waals surface area contributed by atoms with Gasteiger partial charge in [-0.25, -0.2) is 0 Å². The molecular formula is C21H37Al. The fourth-order valence-electron chi connectivity index (χ4n) is 1.89. The van der Waals surface area contributed by atoms with Gasteiger partial charge in [0.1, 0.15) is 0 Å². The Morgan fingerprint density at radius 3 is 1.41 bits per heavy atom. The summed E-state index contributed by atoms with van der Waals surface area (Å²) in [5.41, 5.74) is 5.43. The molecule has 0 amide bonds. The van der Waals surface area contributed by atoms with Gasteiger partial charge in [-0.05, 0) is 59.8 Å². The molecule has 0 aromatic rings. The van der Waals surface area contributed by atoms with Crippen molar-refractivity contribution in [3.8, 4) is 0 Å². The van der Waals surface area contributed by atoms with E-state index in [1.165, 1.54) is 36.0 Å². The van der Waals surface area contributed by atoms with Crippen molar-refractivity contribution >= 4 is 17.4 Å². The molecule has 22 heavy (non-hydrogen) atoms. The summed E-state index contributed by atoms with van der Waals surface area (Å²) in [6.45, 7) is 16.4. The maximum Gasteiger partial charge on any atom is 3.00 e. The summed E-state index contributed by atoms with van der Waals surface area (Å²) in [4.78, 5) is 0. The Morgan fingerprint density at radius 1 is 0.682 bits per heavy atom. The molecule has 1 heteroatoms. The molecule has 124 valence electrons. The first-order valence-corrected chi connectivity index (χ1v) is 7.44. The first kappa shape index (κ1) is 29.5. The van der Waals surface area contributed by atoms with Crippen LogP contribution in [0.4, 0.5) is 0 Å². The van der Waals surface area contributed by atoms with Crippen LogP contribution in [0.3, 0.4) is 0 Å². The first-order valence-electron chi connectivity index (χ1n) is 7.44. The Hall–Kier alpha value is -0.508. The zero-order valence-corrected chi connectivity index (χ0v) is 17.3. The molecule has 0 aliphatic heterocycles. The third-order valence-electron chi connectivity index (χ3n) is 3.15. The van der Waals surface area contributed by atoms with Crippen LogP contribution in [0.5, 0.6) is 0 Å². The van der Waals surface area contributed by atoms with Gasteiger partial charge in [-0.2, -0.15) is 0 Å². The van der Waals surface area contributed by atoms with Gasteiger partial charge in [0.25, 0.3) is 0 Å². The van der Waals surface area contributed by atoms with E-state index in [-0.39, 0.29) is 32.2 Å². The third-order valence-corrected chi connectivity index (χ3v) is 3.15. The molecule has 0 spiro atoms. The van der Waals surface area contributed by atoms with Crippen molar-refractivity contribution < 1.29 is 0 Å². The largest absolute Gasteiger partial charge is 3.00 e. The van der Waals surface area contributed by atoms with Crippen LogP contribution < -0.4 is 0 Å². The van der Waals surface area contributed by atoms with E-state index in [0.717, 1.165) is 24.8 Å². The number of allylic oxidation sites excluding steroid dienone is 7. The van der Waals surface area contributed by atoms with Gasteiger partial charge >= 0.3 is 17.4 Å². The predicted octanol–water partition coefficient (Wildman–Crippen LogP) is 7.08. The van der Waals surface area contributed by atoms with Crippen molar-refractivity contribution in [2.45, 2.75) is 73.1 Å². The molecule has 0 aliphatic carbocycles. The second-order valence-electron chi connectivity index (χ2n) is 5.84. The van der Waals surface area contributed by atoms with E-state index in [1.807, 2.05) is 6.92 Å².